The van der Waals surface area contributed by atoms with Crippen LogP contribution >= 0.6 is 11.6 Å². The molecule has 0 amide bonds. The number of benzene rings is 1. The van der Waals surface area contributed by atoms with Crippen molar-refractivity contribution in [3.05, 3.63) is 34.4 Å². The van der Waals surface area contributed by atoms with E-state index >= 15 is 0 Å². The second-order valence-corrected chi connectivity index (χ2v) is 2.87. The molecule has 0 unspecified atom stereocenters. The first-order valence-electron chi connectivity index (χ1n) is 3.40. The van der Waals surface area contributed by atoms with Gasteiger partial charge in [-0.1, -0.05) is 0 Å². The molecular weight excluding hydrogens is 224 g/mol. The van der Waals surface area contributed by atoms with Crippen molar-refractivity contribution in [1.82, 2.24) is 0 Å². The fourth-order valence-corrected chi connectivity index (χ4v) is 1.09. The van der Waals surface area contributed by atoms with Crippen LogP contribution in [0.25, 0.3) is 0 Å². The van der Waals surface area contributed by atoms with Crippen LogP contribution in [0.2, 0.25) is 0 Å². The molecule has 0 aliphatic rings. The normalized spacial score (nSPS) is 10.4. The molecule has 1 rings (SSSR count). The molecule has 0 radical (unpaired) electrons. The third kappa shape index (κ3) is 1.48. The smallest absolute Gasteiger partial charge is 0.258 e. The summed E-state index contributed by atoms with van der Waals surface area (Å²) < 4.78 is 51.1. The summed E-state index contributed by atoms with van der Waals surface area (Å²) in [4.78, 5) is 10.5. The maximum Gasteiger partial charge on any atom is 0.258 e. The highest BCUT2D eigenvalue weighted by molar-refractivity contribution is 6.67. The van der Waals surface area contributed by atoms with E-state index in [0.717, 1.165) is 6.92 Å². The molecule has 14 heavy (non-hydrogen) atoms. The van der Waals surface area contributed by atoms with Crippen LogP contribution in [0.4, 0.5) is 17.6 Å². The van der Waals surface area contributed by atoms with Crippen LogP contribution in [0.1, 0.15) is 15.9 Å². The molecule has 0 saturated heterocycles. The van der Waals surface area contributed by atoms with Crippen molar-refractivity contribution in [2.75, 3.05) is 0 Å². The topological polar surface area (TPSA) is 17.1 Å². The minimum absolute atomic E-state index is 0.784. The van der Waals surface area contributed by atoms with Gasteiger partial charge >= 0.3 is 0 Å². The Balaban J connectivity index is 3.68. The Morgan fingerprint density at radius 3 is 1.93 bits per heavy atom. The van der Waals surface area contributed by atoms with Crippen LogP contribution in [0.5, 0.6) is 0 Å². The minimum atomic E-state index is -1.91. The molecule has 1 nitrogen and oxygen atoms in total. The SMILES string of the molecule is Cc1c(F)c(F)c(F)c(C(=O)Cl)c1F. The summed E-state index contributed by atoms with van der Waals surface area (Å²) in [7, 11) is 0. The second kappa shape index (κ2) is 3.57. The van der Waals surface area contributed by atoms with E-state index in [1.54, 1.807) is 0 Å². The Hall–Kier alpha value is -1.10. The maximum atomic E-state index is 13.0. The zero-order valence-electron chi connectivity index (χ0n) is 6.80. The molecule has 0 N–H and O–H groups in total. The van der Waals surface area contributed by atoms with Gasteiger partial charge in [-0.05, 0) is 18.5 Å². The number of carbonyl (C=O) groups excluding carboxylic acids is 1. The quantitative estimate of drug-likeness (QED) is 0.311. The molecule has 0 heterocycles. The first-order valence-corrected chi connectivity index (χ1v) is 3.78. The van der Waals surface area contributed by atoms with Gasteiger partial charge < -0.3 is 0 Å². The first-order chi connectivity index (χ1) is 6.37. The summed E-state index contributed by atoms with van der Waals surface area (Å²) in [5.74, 6) is -6.97. The molecule has 0 fully saturated rings. The summed E-state index contributed by atoms with van der Waals surface area (Å²) >= 11 is 4.80. The van der Waals surface area contributed by atoms with Gasteiger partial charge in [0, 0.05) is 5.56 Å². The molecule has 0 spiro atoms. The summed E-state index contributed by atoms with van der Waals surface area (Å²) in [5.41, 5.74) is -2.06. The van der Waals surface area contributed by atoms with Crippen LogP contribution in [-0.2, 0) is 0 Å². The summed E-state index contributed by atoms with van der Waals surface area (Å²) in [5, 5.41) is -1.51. The summed E-state index contributed by atoms with van der Waals surface area (Å²) in [6.07, 6.45) is 0. The lowest BCUT2D eigenvalue weighted by atomic mass is 10.1. The molecule has 0 aromatic heterocycles. The molecule has 0 aliphatic carbocycles. The zero-order chi connectivity index (χ0) is 11.0. The lowest BCUT2D eigenvalue weighted by Crippen LogP contribution is -2.08. The third-order valence-corrected chi connectivity index (χ3v) is 1.87. The fourth-order valence-electron chi connectivity index (χ4n) is 0.923. The van der Waals surface area contributed by atoms with Gasteiger partial charge in [-0.3, -0.25) is 4.79 Å². The summed E-state index contributed by atoms with van der Waals surface area (Å²) in [6, 6.07) is 0. The number of halogens is 5. The van der Waals surface area contributed by atoms with Crippen molar-refractivity contribution in [3.8, 4) is 0 Å². The standard InChI is InChI=1S/C8H3ClF4O/c1-2-4(10)3(8(9)14)6(12)7(13)5(2)11/h1H3. The highest BCUT2D eigenvalue weighted by Gasteiger charge is 2.26. The number of rotatable bonds is 1. The maximum absolute atomic E-state index is 13.0. The first kappa shape index (κ1) is 11.0. The molecule has 0 bridgehead atoms. The average molecular weight is 227 g/mol. The average Bonchev–Trinajstić information content (AvgIpc) is 2.11. The molecule has 0 aliphatic heterocycles. The van der Waals surface area contributed by atoms with Crippen molar-refractivity contribution in [2.24, 2.45) is 0 Å². The van der Waals surface area contributed by atoms with E-state index in [4.69, 9.17) is 11.6 Å². The zero-order valence-corrected chi connectivity index (χ0v) is 7.55. The summed E-state index contributed by atoms with van der Waals surface area (Å²) in [6.45, 7) is 0.872. The van der Waals surface area contributed by atoms with E-state index in [1.165, 1.54) is 0 Å². The van der Waals surface area contributed by atoms with Gasteiger partial charge in [-0.15, -0.1) is 0 Å². The van der Waals surface area contributed by atoms with Crippen LogP contribution in [0.15, 0.2) is 0 Å². The van der Waals surface area contributed by atoms with E-state index in [-0.39, 0.29) is 0 Å². The Morgan fingerprint density at radius 2 is 1.50 bits per heavy atom. The van der Waals surface area contributed by atoms with Gasteiger partial charge in [0.05, 0.1) is 0 Å². The van der Waals surface area contributed by atoms with Gasteiger partial charge in [-0.2, -0.15) is 0 Å². The fraction of sp³-hybridized carbons (Fsp3) is 0.125. The van der Waals surface area contributed by atoms with E-state index in [1.807, 2.05) is 0 Å². The third-order valence-electron chi connectivity index (χ3n) is 1.68. The molecular formula is C8H3ClF4O. The van der Waals surface area contributed by atoms with Gasteiger partial charge in [0.15, 0.2) is 17.5 Å². The van der Waals surface area contributed by atoms with E-state index in [0.29, 0.717) is 0 Å². The minimum Gasteiger partial charge on any atom is -0.275 e. The second-order valence-electron chi connectivity index (χ2n) is 2.53. The van der Waals surface area contributed by atoms with Gasteiger partial charge in [-0.25, -0.2) is 17.6 Å². The van der Waals surface area contributed by atoms with E-state index in [2.05, 4.69) is 0 Å². The number of hydrogen-bond acceptors (Lipinski definition) is 1. The van der Waals surface area contributed by atoms with Crippen LogP contribution in [0.3, 0.4) is 0 Å². The number of hydrogen-bond donors (Lipinski definition) is 0. The van der Waals surface area contributed by atoms with Crippen molar-refractivity contribution in [1.29, 1.82) is 0 Å². The van der Waals surface area contributed by atoms with Gasteiger partial charge in [0.1, 0.15) is 11.4 Å². The molecule has 6 heteroatoms. The van der Waals surface area contributed by atoms with Gasteiger partial charge in [0.2, 0.25) is 0 Å². The van der Waals surface area contributed by atoms with Crippen LogP contribution < -0.4 is 0 Å². The predicted molar refractivity (Wildman–Crippen MR) is 41.2 cm³/mol. The molecule has 0 saturated carbocycles. The van der Waals surface area contributed by atoms with Crippen molar-refractivity contribution < 1.29 is 22.4 Å². The Morgan fingerprint density at radius 1 is 1.00 bits per heavy atom. The predicted octanol–water partition coefficient (Wildman–Crippen LogP) is 2.93. The lowest BCUT2D eigenvalue weighted by molar-refractivity contribution is 0.107. The van der Waals surface area contributed by atoms with Crippen LogP contribution in [0, 0.1) is 30.2 Å². The highest BCUT2D eigenvalue weighted by atomic mass is 35.5. The van der Waals surface area contributed by atoms with Crippen molar-refractivity contribution in [3.63, 3.8) is 0 Å². The van der Waals surface area contributed by atoms with Gasteiger partial charge in [0.25, 0.3) is 5.24 Å². The molecule has 1 aromatic carbocycles. The monoisotopic (exact) mass is 226 g/mol. The largest absolute Gasteiger partial charge is 0.275 e. The van der Waals surface area contributed by atoms with E-state index < -0.39 is 39.6 Å². The number of carbonyl (C=O) groups is 1. The Kier molecular flexibility index (Phi) is 2.80. The Labute approximate surface area is 81.3 Å². The molecule has 0 atom stereocenters. The van der Waals surface area contributed by atoms with Crippen molar-refractivity contribution >= 4 is 16.8 Å². The molecule has 76 valence electrons. The molecule has 1 aromatic rings. The van der Waals surface area contributed by atoms with E-state index in [9.17, 15) is 22.4 Å². The Bertz CT molecular complexity index is 387. The van der Waals surface area contributed by atoms with Crippen LogP contribution in [-0.4, -0.2) is 5.24 Å². The van der Waals surface area contributed by atoms with Crippen molar-refractivity contribution in [2.45, 2.75) is 6.92 Å². The highest BCUT2D eigenvalue weighted by Crippen LogP contribution is 2.24. The lowest BCUT2D eigenvalue weighted by Gasteiger charge is -2.05.